The predicted molar refractivity (Wildman–Crippen MR) is 69.1 cm³/mol. The number of nitrogens with one attached hydrogen (secondary N) is 1. The molecular weight excluding hydrogens is 214 g/mol. The lowest BCUT2D eigenvalue weighted by molar-refractivity contribution is -0.121. The molecule has 2 rings (SSSR count). The molecule has 17 heavy (non-hydrogen) atoms. The van der Waals surface area contributed by atoms with E-state index in [1.165, 1.54) is 12.8 Å². The number of nitrogens with zero attached hydrogens (tertiary/aromatic N) is 2. The van der Waals surface area contributed by atoms with Crippen LogP contribution in [0.2, 0.25) is 0 Å². The van der Waals surface area contributed by atoms with Gasteiger partial charge in [0.05, 0.1) is 11.9 Å². The van der Waals surface area contributed by atoms with Crippen LogP contribution in [0.3, 0.4) is 0 Å². The fourth-order valence-corrected chi connectivity index (χ4v) is 1.62. The van der Waals surface area contributed by atoms with Gasteiger partial charge in [-0.3, -0.25) is 4.79 Å². The molecule has 0 unspecified atom stereocenters. The highest BCUT2D eigenvalue weighted by Gasteiger charge is 2.21. The van der Waals surface area contributed by atoms with Crippen LogP contribution in [0.25, 0.3) is 0 Å². The molecule has 1 aliphatic carbocycles. The Kier molecular flexibility index (Phi) is 3.31. The standard InChI is InChI=1S/C13H19N3O/c1-9(2)13(17)16(3)11-6-7-12(14-8-11)15-10-4-5-10/h6-10H,4-5H2,1-3H3,(H,14,15). The van der Waals surface area contributed by atoms with Gasteiger partial charge in [-0.25, -0.2) is 4.98 Å². The van der Waals surface area contributed by atoms with Crippen LogP contribution in [0.1, 0.15) is 26.7 Å². The van der Waals surface area contributed by atoms with Crippen molar-refractivity contribution in [3.63, 3.8) is 0 Å². The molecule has 0 spiro atoms. The topological polar surface area (TPSA) is 45.2 Å². The minimum Gasteiger partial charge on any atom is -0.367 e. The fourth-order valence-electron chi connectivity index (χ4n) is 1.62. The molecule has 1 amide bonds. The number of anilines is 2. The number of aromatic nitrogens is 1. The first-order valence-corrected chi connectivity index (χ1v) is 6.08. The maximum Gasteiger partial charge on any atom is 0.229 e. The minimum atomic E-state index is 0.00395. The van der Waals surface area contributed by atoms with Gasteiger partial charge >= 0.3 is 0 Å². The van der Waals surface area contributed by atoms with Crippen molar-refractivity contribution in [1.82, 2.24) is 4.98 Å². The molecule has 92 valence electrons. The molecule has 4 nitrogen and oxygen atoms in total. The van der Waals surface area contributed by atoms with Crippen molar-refractivity contribution in [2.45, 2.75) is 32.7 Å². The van der Waals surface area contributed by atoms with Crippen molar-refractivity contribution in [2.75, 3.05) is 17.3 Å². The summed E-state index contributed by atoms with van der Waals surface area (Å²) >= 11 is 0. The zero-order chi connectivity index (χ0) is 12.4. The molecule has 1 aromatic heterocycles. The third kappa shape index (κ3) is 2.96. The first kappa shape index (κ1) is 11.9. The van der Waals surface area contributed by atoms with E-state index < -0.39 is 0 Å². The van der Waals surface area contributed by atoms with Crippen LogP contribution in [0, 0.1) is 5.92 Å². The predicted octanol–water partition coefficient (Wildman–Crippen LogP) is 2.27. The van der Waals surface area contributed by atoms with E-state index in [1.807, 2.05) is 26.0 Å². The highest BCUT2D eigenvalue weighted by molar-refractivity contribution is 5.93. The molecule has 0 saturated heterocycles. The Morgan fingerprint density at radius 2 is 2.18 bits per heavy atom. The van der Waals surface area contributed by atoms with Crippen LogP contribution in [-0.4, -0.2) is 24.0 Å². The lowest BCUT2D eigenvalue weighted by Gasteiger charge is -2.19. The van der Waals surface area contributed by atoms with Crippen LogP contribution in [0.15, 0.2) is 18.3 Å². The number of pyridine rings is 1. The molecule has 1 fully saturated rings. The maximum absolute atomic E-state index is 11.8. The van der Waals surface area contributed by atoms with E-state index >= 15 is 0 Å². The van der Waals surface area contributed by atoms with Gasteiger partial charge in [-0.05, 0) is 25.0 Å². The van der Waals surface area contributed by atoms with Crippen molar-refractivity contribution >= 4 is 17.4 Å². The molecule has 1 aromatic rings. The number of carbonyl (C=O) groups excluding carboxylic acids is 1. The van der Waals surface area contributed by atoms with E-state index in [1.54, 1.807) is 18.1 Å². The average Bonchev–Trinajstić information content (AvgIpc) is 3.12. The van der Waals surface area contributed by atoms with Crippen molar-refractivity contribution in [2.24, 2.45) is 5.92 Å². The Balaban J connectivity index is 2.03. The van der Waals surface area contributed by atoms with Crippen molar-refractivity contribution in [3.8, 4) is 0 Å². The summed E-state index contributed by atoms with van der Waals surface area (Å²) in [6.07, 6.45) is 4.20. The number of hydrogen-bond donors (Lipinski definition) is 1. The lowest BCUT2D eigenvalue weighted by atomic mass is 10.2. The van der Waals surface area contributed by atoms with E-state index in [0.29, 0.717) is 6.04 Å². The summed E-state index contributed by atoms with van der Waals surface area (Å²) in [6.45, 7) is 3.80. The summed E-state index contributed by atoms with van der Waals surface area (Å²) in [6, 6.07) is 4.46. The molecule has 4 heteroatoms. The van der Waals surface area contributed by atoms with Crippen LogP contribution in [0.5, 0.6) is 0 Å². The molecule has 0 atom stereocenters. The molecular formula is C13H19N3O. The molecule has 1 N–H and O–H groups in total. The van der Waals surface area contributed by atoms with Gasteiger partial charge in [-0.2, -0.15) is 0 Å². The van der Waals surface area contributed by atoms with Gasteiger partial charge in [-0.15, -0.1) is 0 Å². The van der Waals surface area contributed by atoms with Gasteiger partial charge in [0.1, 0.15) is 5.82 Å². The number of amides is 1. The number of carbonyl (C=O) groups is 1. The summed E-state index contributed by atoms with van der Waals surface area (Å²) in [5.74, 6) is 1.00. The number of rotatable bonds is 4. The molecule has 1 saturated carbocycles. The van der Waals surface area contributed by atoms with E-state index in [0.717, 1.165) is 11.5 Å². The summed E-state index contributed by atoms with van der Waals surface area (Å²) < 4.78 is 0. The molecule has 0 radical (unpaired) electrons. The smallest absolute Gasteiger partial charge is 0.229 e. The molecule has 0 aliphatic heterocycles. The highest BCUT2D eigenvalue weighted by Crippen LogP contribution is 2.24. The van der Waals surface area contributed by atoms with Crippen LogP contribution >= 0.6 is 0 Å². The van der Waals surface area contributed by atoms with Gasteiger partial charge in [0.25, 0.3) is 0 Å². The van der Waals surface area contributed by atoms with Crippen molar-refractivity contribution < 1.29 is 4.79 Å². The van der Waals surface area contributed by atoms with Crippen molar-refractivity contribution in [1.29, 1.82) is 0 Å². The first-order valence-electron chi connectivity index (χ1n) is 6.08. The first-order chi connectivity index (χ1) is 8.08. The SMILES string of the molecule is CC(C)C(=O)N(C)c1ccc(NC2CC2)nc1. The van der Waals surface area contributed by atoms with E-state index in [2.05, 4.69) is 10.3 Å². The quantitative estimate of drug-likeness (QED) is 0.867. The maximum atomic E-state index is 11.8. The summed E-state index contributed by atoms with van der Waals surface area (Å²) in [4.78, 5) is 17.8. The van der Waals surface area contributed by atoms with Gasteiger partial charge in [0.15, 0.2) is 0 Å². The third-order valence-electron chi connectivity index (χ3n) is 2.89. The highest BCUT2D eigenvalue weighted by atomic mass is 16.2. The largest absolute Gasteiger partial charge is 0.367 e. The van der Waals surface area contributed by atoms with Crippen molar-refractivity contribution in [3.05, 3.63) is 18.3 Å². The second kappa shape index (κ2) is 4.73. The Labute approximate surface area is 102 Å². The van der Waals surface area contributed by atoms with Gasteiger partial charge in [-0.1, -0.05) is 13.8 Å². The minimum absolute atomic E-state index is 0.00395. The van der Waals surface area contributed by atoms with Gasteiger partial charge < -0.3 is 10.2 Å². The second-order valence-electron chi connectivity index (χ2n) is 4.87. The zero-order valence-electron chi connectivity index (χ0n) is 10.6. The Bertz CT molecular complexity index is 396. The van der Waals surface area contributed by atoms with Crippen LogP contribution in [-0.2, 0) is 4.79 Å². The van der Waals surface area contributed by atoms with E-state index in [-0.39, 0.29) is 11.8 Å². The average molecular weight is 233 g/mol. The van der Waals surface area contributed by atoms with Gasteiger partial charge in [0, 0.05) is 19.0 Å². The lowest BCUT2D eigenvalue weighted by Crippen LogP contribution is -2.30. The zero-order valence-corrected chi connectivity index (χ0v) is 10.6. The molecule has 1 heterocycles. The Morgan fingerprint density at radius 3 is 2.65 bits per heavy atom. The molecule has 0 aromatic carbocycles. The normalized spacial score (nSPS) is 14.8. The summed E-state index contributed by atoms with van der Waals surface area (Å²) in [7, 11) is 1.79. The number of hydrogen-bond acceptors (Lipinski definition) is 3. The second-order valence-corrected chi connectivity index (χ2v) is 4.87. The molecule has 0 bridgehead atoms. The van der Waals surface area contributed by atoms with Crippen LogP contribution in [0.4, 0.5) is 11.5 Å². The molecule has 1 aliphatic rings. The Hall–Kier alpha value is -1.58. The monoisotopic (exact) mass is 233 g/mol. The Morgan fingerprint density at radius 1 is 1.47 bits per heavy atom. The summed E-state index contributed by atoms with van der Waals surface area (Å²) in [5.41, 5.74) is 0.838. The van der Waals surface area contributed by atoms with E-state index in [9.17, 15) is 4.79 Å². The van der Waals surface area contributed by atoms with E-state index in [4.69, 9.17) is 0 Å². The summed E-state index contributed by atoms with van der Waals surface area (Å²) in [5, 5.41) is 3.32. The van der Waals surface area contributed by atoms with Gasteiger partial charge in [0.2, 0.25) is 5.91 Å². The third-order valence-corrected chi connectivity index (χ3v) is 2.89. The fraction of sp³-hybridized carbons (Fsp3) is 0.538. The van der Waals surface area contributed by atoms with Crippen LogP contribution < -0.4 is 10.2 Å².